The Kier molecular flexibility index (Phi) is 4.24. The van der Waals surface area contributed by atoms with Crippen LogP contribution in [0.1, 0.15) is 58.9 Å². The normalized spacial score (nSPS) is 23.4. The topological polar surface area (TPSA) is 55.0 Å². The number of imidazole rings is 1. The molecule has 4 nitrogen and oxygen atoms in total. The number of fused-ring (bicyclic) bond motifs is 2. The molecule has 0 amide bonds. The van der Waals surface area contributed by atoms with E-state index >= 15 is 0 Å². The lowest BCUT2D eigenvalue weighted by Crippen LogP contribution is -2.31. The van der Waals surface area contributed by atoms with Crippen LogP contribution < -0.4 is 0 Å². The number of nitrogens with zero attached hydrogens (tertiary/aromatic N) is 1. The number of hydrogen-bond donors (Lipinski definition) is 1. The van der Waals surface area contributed by atoms with Crippen LogP contribution in [-0.2, 0) is 16.5 Å². The number of alkyl halides is 3. The van der Waals surface area contributed by atoms with Gasteiger partial charge in [0, 0.05) is 23.2 Å². The molecule has 0 unspecified atom stereocenters. The molecule has 0 saturated heterocycles. The van der Waals surface area contributed by atoms with Crippen molar-refractivity contribution in [1.82, 2.24) is 9.97 Å². The van der Waals surface area contributed by atoms with E-state index in [0.29, 0.717) is 29.7 Å². The minimum atomic E-state index is -4.39. The van der Waals surface area contributed by atoms with Crippen molar-refractivity contribution in [2.45, 2.75) is 43.4 Å². The van der Waals surface area contributed by atoms with Crippen LogP contribution in [-0.4, -0.2) is 15.9 Å². The van der Waals surface area contributed by atoms with Crippen LogP contribution in [0.5, 0.6) is 0 Å². The molecule has 0 atom stereocenters. The average Bonchev–Trinajstić information content (AvgIpc) is 3.33. The Morgan fingerprint density at radius 2 is 1.83 bits per heavy atom. The van der Waals surface area contributed by atoms with Gasteiger partial charge in [-0.2, -0.15) is 13.2 Å². The molecule has 3 aromatic rings. The molecule has 1 spiro atoms. The number of carbonyl (C=O) groups is 1. The predicted molar refractivity (Wildman–Crippen MR) is 104 cm³/mol. The predicted octanol–water partition coefficient (Wildman–Crippen LogP) is 5.82. The Bertz CT molecular complexity index is 1110. The molecule has 5 rings (SSSR count). The van der Waals surface area contributed by atoms with Gasteiger partial charge >= 0.3 is 12.1 Å². The second-order valence-corrected chi connectivity index (χ2v) is 7.95. The van der Waals surface area contributed by atoms with Gasteiger partial charge in [-0.1, -0.05) is 30.3 Å². The third kappa shape index (κ3) is 3.09. The first-order valence-electron chi connectivity index (χ1n) is 9.91. The number of benzene rings is 2. The molecule has 1 fully saturated rings. The van der Waals surface area contributed by atoms with Crippen LogP contribution in [0.25, 0.3) is 11.3 Å². The summed E-state index contributed by atoms with van der Waals surface area (Å²) in [4.78, 5) is 19.9. The maximum absolute atomic E-state index is 13.0. The first-order chi connectivity index (χ1) is 14.4. The molecule has 2 heterocycles. The zero-order chi connectivity index (χ0) is 20.9. The summed E-state index contributed by atoms with van der Waals surface area (Å²) in [5, 5.41) is 0. The molecule has 1 aliphatic carbocycles. The molecule has 1 aromatic heterocycles. The highest BCUT2D eigenvalue weighted by Crippen LogP contribution is 2.49. The monoisotopic (exact) mass is 412 g/mol. The zero-order valence-corrected chi connectivity index (χ0v) is 16.0. The molecule has 154 valence electrons. The highest BCUT2D eigenvalue weighted by molar-refractivity contribution is 5.94. The van der Waals surface area contributed by atoms with E-state index in [1.807, 2.05) is 18.2 Å². The third-order valence-corrected chi connectivity index (χ3v) is 6.19. The van der Waals surface area contributed by atoms with Crippen molar-refractivity contribution in [3.8, 4) is 11.3 Å². The Morgan fingerprint density at radius 1 is 1.07 bits per heavy atom. The summed E-state index contributed by atoms with van der Waals surface area (Å²) in [5.74, 6) is 0.630. The maximum Gasteiger partial charge on any atom is 0.416 e. The first kappa shape index (κ1) is 18.9. The van der Waals surface area contributed by atoms with Gasteiger partial charge in [0.2, 0.25) is 0 Å². The van der Waals surface area contributed by atoms with Crippen LogP contribution in [0, 0.1) is 0 Å². The lowest BCUT2D eigenvalue weighted by atomic mass is 9.75. The number of rotatable bonds is 2. The summed E-state index contributed by atoms with van der Waals surface area (Å²) in [6, 6.07) is 12.7. The molecular formula is C23H19F3N2O2. The number of carbonyl (C=O) groups excluding carboxylic acids is 1. The Labute approximate surface area is 171 Å². The third-order valence-electron chi connectivity index (χ3n) is 6.19. The van der Waals surface area contributed by atoms with Crippen LogP contribution in [0.2, 0.25) is 0 Å². The van der Waals surface area contributed by atoms with E-state index in [-0.39, 0.29) is 11.9 Å². The molecule has 0 bridgehead atoms. The van der Waals surface area contributed by atoms with E-state index in [1.54, 1.807) is 18.3 Å². The van der Waals surface area contributed by atoms with Gasteiger partial charge in [0.1, 0.15) is 11.4 Å². The first-order valence-corrected chi connectivity index (χ1v) is 9.91. The molecule has 2 aliphatic rings. The van der Waals surface area contributed by atoms with E-state index in [0.717, 1.165) is 36.4 Å². The highest BCUT2D eigenvalue weighted by Gasteiger charge is 2.47. The minimum absolute atomic E-state index is 0.140. The van der Waals surface area contributed by atoms with Crippen molar-refractivity contribution in [1.29, 1.82) is 0 Å². The van der Waals surface area contributed by atoms with Gasteiger partial charge in [0.25, 0.3) is 0 Å². The molecule has 30 heavy (non-hydrogen) atoms. The van der Waals surface area contributed by atoms with E-state index < -0.39 is 17.3 Å². The minimum Gasteiger partial charge on any atom is -0.451 e. The highest BCUT2D eigenvalue weighted by atomic mass is 19.4. The second kappa shape index (κ2) is 6.72. The lowest BCUT2D eigenvalue weighted by molar-refractivity contribution is -0.137. The van der Waals surface area contributed by atoms with Crippen molar-refractivity contribution in [2.24, 2.45) is 0 Å². The molecule has 1 N–H and O–H groups in total. The number of nitrogens with one attached hydrogen (secondary N) is 1. The van der Waals surface area contributed by atoms with Gasteiger partial charge in [-0.05, 0) is 43.9 Å². The van der Waals surface area contributed by atoms with Crippen molar-refractivity contribution in [2.75, 3.05) is 0 Å². The second-order valence-electron chi connectivity index (χ2n) is 7.95. The quantitative estimate of drug-likeness (QED) is 0.540. The Morgan fingerprint density at radius 3 is 2.60 bits per heavy atom. The maximum atomic E-state index is 13.0. The van der Waals surface area contributed by atoms with Gasteiger partial charge in [-0.15, -0.1) is 0 Å². The molecule has 2 aromatic carbocycles. The fraction of sp³-hybridized carbons (Fsp3) is 0.304. The summed E-state index contributed by atoms with van der Waals surface area (Å²) in [6.07, 6.45) is 0.205. The summed E-state index contributed by atoms with van der Waals surface area (Å²) < 4.78 is 44.8. The van der Waals surface area contributed by atoms with Crippen LogP contribution in [0.3, 0.4) is 0 Å². The standard InChI is InChI=1S/C23H19F3N2O2/c24-23(25,26)16-5-3-4-15(12-16)19-13-27-20(28-19)14-8-10-22(11-9-14)18-7-2-1-6-17(18)21(29)30-22/h1-7,12-14H,8-11H2,(H,27,28). The van der Waals surface area contributed by atoms with Crippen molar-refractivity contribution in [3.05, 3.63) is 77.2 Å². The Hall–Kier alpha value is -3.09. The van der Waals surface area contributed by atoms with Crippen molar-refractivity contribution in [3.63, 3.8) is 0 Å². The average molecular weight is 412 g/mol. The van der Waals surface area contributed by atoms with Gasteiger partial charge in [0.15, 0.2) is 0 Å². The van der Waals surface area contributed by atoms with Crippen LogP contribution >= 0.6 is 0 Å². The van der Waals surface area contributed by atoms with Crippen LogP contribution in [0.15, 0.2) is 54.7 Å². The number of hydrogen-bond acceptors (Lipinski definition) is 3. The number of H-pyrrole nitrogens is 1. The molecule has 1 aliphatic heterocycles. The molecular weight excluding hydrogens is 393 g/mol. The van der Waals surface area contributed by atoms with E-state index in [4.69, 9.17) is 4.74 Å². The summed E-state index contributed by atoms with van der Waals surface area (Å²) >= 11 is 0. The van der Waals surface area contributed by atoms with Gasteiger partial charge in [-0.3, -0.25) is 0 Å². The summed E-state index contributed by atoms with van der Waals surface area (Å²) in [7, 11) is 0. The Balaban J connectivity index is 1.34. The fourth-order valence-electron chi connectivity index (χ4n) is 4.62. The van der Waals surface area contributed by atoms with Gasteiger partial charge < -0.3 is 9.72 Å². The largest absolute Gasteiger partial charge is 0.451 e. The summed E-state index contributed by atoms with van der Waals surface area (Å²) in [6.45, 7) is 0. The SMILES string of the molecule is O=C1OC2(CCC(c3nc(-c4cccc(C(F)(F)F)c4)c[nH]3)CC2)c2ccccc21. The molecule has 0 radical (unpaired) electrons. The zero-order valence-electron chi connectivity index (χ0n) is 16.0. The number of aromatic nitrogens is 2. The fourth-order valence-corrected chi connectivity index (χ4v) is 4.62. The molecule has 1 saturated carbocycles. The van der Waals surface area contributed by atoms with Gasteiger partial charge in [0.05, 0.1) is 16.8 Å². The van der Waals surface area contributed by atoms with E-state index in [2.05, 4.69) is 9.97 Å². The number of ether oxygens (including phenoxy) is 1. The van der Waals surface area contributed by atoms with Crippen molar-refractivity contribution >= 4 is 5.97 Å². The van der Waals surface area contributed by atoms with Gasteiger partial charge in [-0.25, -0.2) is 9.78 Å². The van der Waals surface area contributed by atoms with Crippen LogP contribution in [0.4, 0.5) is 13.2 Å². The smallest absolute Gasteiger partial charge is 0.416 e. The molecule has 7 heteroatoms. The van der Waals surface area contributed by atoms with E-state index in [1.165, 1.54) is 6.07 Å². The van der Waals surface area contributed by atoms with Crippen molar-refractivity contribution < 1.29 is 22.7 Å². The van der Waals surface area contributed by atoms with E-state index in [9.17, 15) is 18.0 Å². The number of aromatic amines is 1. The lowest BCUT2D eigenvalue weighted by Gasteiger charge is -2.35. The summed E-state index contributed by atoms with van der Waals surface area (Å²) in [5.41, 5.74) is 1.26. The number of esters is 1. The number of halogens is 3.